The van der Waals surface area contributed by atoms with Gasteiger partial charge in [0.25, 0.3) is 0 Å². The molecule has 1 aromatic heterocycles. The van der Waals surface area contributed by atoms with E-state index in [2.05, 4.69) is 26.2 Å². The summed E-state index contributed by atoms with van der Waals surface area (Å²) in [5, 5.41) is 16.0. The highest BCUT2D eigenvalue weighted by Gasteiger charge is 2.17. The fraction of sp³-hybridized carbons (Fsp3) is 0.286. The molecule has 112 valence electrons. The van der Waals surface area contributed by atoms with Crippen molar-refractivity contribution >= 4 is 21.8 Å². The largest absolute Gasteiger partial charge is 0.409 e. The van der Waals surface area contributed by atoms with Gasteiger partial charge in [0, 0.05) is 11.3 Å². The summed E-state index contributed by atoms with van der Waals surface area (Å²) in [6, 6.07) is 5.12. The zero-order valence-corrected chi connectivity index (χ0v) is 13.4. The average Bonchev–Trinajstić information content (AvgIpc) is 2.92. The summed E-state index contributed by atoms with van der Waals surface area (Å²) in [6.45, 7) is 3.99. The fourth-order valence-corrected chi connectivity index (χ4v) is 2.60. The van der Waals surface area contributed by atoms with Crippen LogP contribution in [0.3, 0.4) is 0 Å². The summed E-state index contributed by atoms with van der Waals surface area (Å²) in [6.07, 6.45) is 1.52. The SMILES string of the molecule is CCc1cc(CC)n(-c2ccc(/C(N)=N/O)c(Br)c2F)n1. The first kappa shape index (κ1) is 15.5. The van der Waals surface area contributed by atoms with Crippen molar-refractivity contribution in [3.63, 3.8) is 0 Å². The van der Waals surface area contributed by atoms with Crippen molar-refractivity contribution in [2.75, 3.05) is 0 Å². The highest BCUT2D eigenvalue weighted by Crippen LogP contribution is 2.27. The third-order valence-electron chi connectivity index (χ3n) is 3.23. The molecule has 0 fully saturated rings. The summed E-state index contributed by atoms with van der Waals surface area (Å²) in [5.74, 6) is -0.655. The molecule has 0 aliphatic heterocycles. The topological polar surface area (TPSA) is 76.4 Å². The highest BCUT2D eigenvalue weighted by molar-refractivity contribution is 9.10. The zero-order valence-electron chi connectivity index (χ0n) is 11.8. The molecule has 0 amide bonds. The highest BCUT2D eigenvalue weighted by atomic mass is 79.9. The van der Waals surface area contributed by atoms with Crippen LogP contribution >= 0.6 is 15.9 Å². The molecule has 1 aromatic carbocycles. The van der Waals surface area contributed by atoms with E-state index in [9.17, 15) is 4.39 Å². The lowest BCUT2D eigenvalue weighted by atomic mass is 10.1. The van der Waals surface area contributed by atoms with Gasteiger partial charge in [-0.3, -0.25) is 0 Å². The van der Waals surface area contributed by atoms with Gasteiger partial charge in [-0.25, -0.2) is 9.07 Å². The zero-order chi connectivity index (χ0) is 15.6. The van der Waals surface area contributed by atoms with Gasteiger partial charge in [0.1, 0.15) is 5.69 Å². The maximum atomic E-state index is 14.6. The Balaban J connectivity index is 2.61. The molecule has 0 atom stereocenters. The molecule has 0 saturated carbocycles. The summed E-state index contributed by atoms with van der Waals surface area (Å²) in [5.41, 5.74) is 7.96. The van der Waals surface area contributed by atoms with Gasteiger partial charge in [-0.15, -0.1) is 0 Å². The Bertz CT molecular complexity index is 697. The Morgan fingerprint density at radius 1 is 1.43 bits per heavy atom. The maximum Gasteiger partial charge on any atom is 0.171 e. The molecule has 2 aromatic rings. The normalized spacial score (nSPS) is 11.9. The van der Waals surface area contributed by atoms with E-state index in [1.54, 1.807) is 16.8 Å². The summed E-state index contributed by atoms with van der Waals surface area (Å²) >= 11 is 3.15. The summed E-state index contributed by atoms with van der Waals surface area (Å²) in [7, 11) is 0. The van der Waals surface area contributed by atoms with Crippen molar-refractivity contribution in [2.24, 2.45) is 10.9 Å². The number of hydrogen-bond donors (Lipinski definition) is 2. The first-order valence-electron chi connectivity index (χ1n) is 6.57. The Hall–Kier alpha value is -1.89. The molecule has 3 N–H and O–H groups in total. The number of aromatic nitrogens is 2. The van der Waals surface area contributed by atoms with Gasteiger partial charge in [0.15, 0.2) is 11.7 Å². The minimum absolute atomic E-state index is 0.144. The summed E-state index contributed by atoms with van der Waals surface area (Å²) in [4.78, 5) is 0. The van der Waals surface area contributed by atoms with Crippen molar-refractivity contribution in [1.82, 2.24) is 9.78 Å². The average molecular weight is 355 g/mol. The van der Waals surface area contributed by atoms with Crippen LogP contribution in [0.25, 0.3) is 5.69 Å². The molecule has 0 aliphatic carbocycles. The molecule has 0 aliphatic rings. The van der Waals surface area contributed by atoms with Gasteiger partial charge in [-0.05, 0) is 47.0 Å². The predicted octanol–water partition coefficient (Wildman–Crippen LogP) is 2.99. The lowest BCUT2D eigenvalue weighted by Gasteiger charge is -2.11. The van der Waals surface area contributed by atoms with Crippen molar-refractivity contribution in [3.8, 4) is 5.69 Å². The Kier molecular flexibility index (Phi) is 4.62. The van der Waals surface area contributed by atoms with Crippen LogP contribution < -0.4 is 5.73 Å². The van der Waals surface area contributed by atoms with Gasteiger partial charge >= 0.3 is 0 Å². The van der Waals surface area contributed by atoms with Gasteiger partial charge in [-0.1, -0.05) is 19.0 Å². The number of amidine groups is 1. The number of nitrogens with zero attached hydrogens (tertiary/aromatic N) is 3. The van der Waals surface area contributed by atoms with E-state index in [-0.39, 0.29) is 10.3 Å². The van der Waals surface area contributed by atoms with E-state index in [0.717, 1.165) is 24.2 Å². The second kappa shape index (κ2) is 6.26. The van der Waals surface area contributed by atoms with Crippen LogP contribution in [0.1, 0.15) is 30.8 Å². The van der Waals surface area contributed by atoms with Crippen LogP contribution in [0.5, 0.6) is 0 Å². The molecule has 0 bridgehead atoms. The second-order valence-electron chi connectivity index (χ2n) is 4.49. The Morgan fingerprint density at radius 3 is 2.71 bits per heavy atom. The number of nitrogens with two attached hydrogens (primary N) is 1. The van der Waals surface area contributed by atoms with Gasteiger partial charge < -0.3 is 10.9 Å². The van der Waals surface area contributed by atoms with Crippen molar-refractivity contribution in [1.29, 1.82) is 0 Å². The summed E-state index contributed by atoms with van der Waals surface area (Å²) < 4.78 is 16.3. The molecule has 0 spiro atoms. The van der Waals surface area contributed by atoms with Crippen molar-refractivity contribution in [2.45, 2.75) is 26.7 Å². The van der Waals surface area contributed by atoms with Crippen LogP contribution in [-0.2, 0) is 12.8 Å². The molecule has 21 heavy (non-hydrogen) atoms. The van der Waals surface area contributed by atoms with E-state index in [4.69, 9.17) is 10.9 Å². The number of benzene rings is 1. The van der Waals surface area contributed by atoms with Crippen molar-refractivity contribution < 1.29 is 9.60 Å². The predicted molar refractivity (Wildman–Crippen MR) is 82.5 cm³/mol. The van der Waals surface area contributed by atoms with E-state index in [0.29, 0.717) is 11.3 Å². The van der Waals surface area contributed by atoms with Crippen LogP contribution in [-0.4, -0.2) is 20.8 Å². The van der Waals surface area contributed by atoms with Crippen LogP contribution in [0.15, 0.2) is 27.8 Å². The Morgan fingerprint density at radius 2 is 2.14 bits per heavy atom. The number of hydrogen-bond acceptors (Lipinski definition) is 3. The van der Waals surface area contributed by atoms with E-state index in [1.165, 1.54) is 0 Å². The van der Waals surface area contributed by atoms with Crippen molar-refractivity contribution in [3.05, 3.63) is 45.4 Å². The number of rotatable bonds is 4. The van der Waals surface area contributed by atoms with Gasteiger partial charge in [0.2, 0.25) is 0 Å². The van der Waals surface area contributed by atoms with E-state index in [1.807, 2.05) is 19.9 Å². The van der Waals surface area contributed by atoms with Gasteiger partial charge in [0.05, 0.1) is 10.2 Å². The van der Waals surface area contributed by atoms with E-state index < -0.39 is 5.82 Å². The number of halogens is 2. The standard InChI is InChI=1S/C14H16BrFN4O/c1-3-8-7-9(4-2)20(18-8)11-6-5-10(14(17)19-21)12(15)13(11)16/h5-7,21H,3-4H2,1-2H3,(H2,17,19). The third-order valence-corrected chi connectivity index (χ3v) is 4.01. The van der Waals surface area contributed by atoms with Crippen LogP contribution in [0.4, 0.5) is 4.39 Å². The van der Waals surface area contributed by atoms with Crippen LogP contribution in [0, 0.1) is 5.82 Å². The van der Waals surface area contributed by atoms with Gasteiger partial charge in [-0.2, -0.15) is 5.10 Å². The third kappa shape index (κ3) is 2.78. The smallest absolute Gasteiger partial charge is 0.171 e. The maximum absolute atomic E-state index is 14.6. The molecule has 1 heterocycles. The number of aryl methyl sites for hydroxylation is 2. The first-order chi connectivity index (χ1) is 10.0. The monoisotopic (exact) mass is 354 g/mol. The quantitative estimate of drug-likeness (QED) is 0.383. The second-order valence-corrected chi connectivity index (χ2v) is 5.28. The van der Waals surface area contributed by atoms with E-state index >= 15 is 0 Å². The Labute approximate surface area is 130 Å². The molecular weight excluding hydrogens is 339 g/mol. The molecular formula is C14H16BrFN4O. The minimum Gasteiger partial charge on any atom is -0.409 e. The number of oxime groups is 1. The van der Waals surface area contributed by atoms with Crippen LogP contribution in [0.2, 0.25) is 0 Å². The molecule has 0 unspecified atom stereocenters. The lowest BCUT2D eigenvalue weighted by Crippen LogP contribution is -2.15. The molecule has 0 radical (unpaired) electrons. The fourth-order valence-electron chi connectivity index (χ4n) is 2.06. The molecule has 7 heteroatoms. The molecule has 0 saturated heterocycles. The molecule has 5 nitrogen and oxygen atoms in total. The first-order valence-corrected chi connectivity index (χ1v) is 7.36. The minimum atomic E-state index is -0.500. The lowest BCUT2D eigenvalue weighted by molar-refractivity contribution is 0.318. The molecule has 2 rings (SSSR count).